The lowest BCUT2D eigenvalue weighted by molar-refractivity contribution is -0.137. The zero-order chi connectivity index (χ0) is 27.5. The van der Waals surface area contributed by atoms with E-state index >= 15 is 0 Å². The molecule has 0 aliphatic heterocycles. The predicted octanol–water partition coefficient (Wildman–Crippen LogP) is 7.20. The summed E-state index contributed by atoms with van der Waals surface area (Å²) in [6.07, 6.45) is 1.46. The number of halogens is 3. The van der Waals surface area contributed by atoms with E-state index in [0.717, 1.165) is 48.1 Å². The van der Waals surface area contributed by atoms with Crippen LogP contribution in [0.5, 0.6) is 11.5 Å². The van der Waals surface area contributed by atoms with Gasteiger partial charge in [-0.2, -0.15) is 13.2 Å². The van der Waals surface area contributed by atoms with E-state index in [0.29, 0.717) is 11.3 Å². The van der Waals surface area contributed by atoms with Crippen molar-refractivity contribution >= 4 is 11.9 Å². The zero-order valence-electron chi connectivity index (χ0n) is 19.8. The molecule has 3 rings (SSSR count). The molecule has 0 saturated carbocycles. The number of benzene rings is 3. The molecule has 0 saturated heterocycles. The Morgan fingerprint density at radius 1 is 0.632 bits per heavy atom. The van der Waals surface area contributed by atoms with Gasteiger partial charge in [-0.25, -0.2) is 9.59 Å². The fraction of sp³-hybridized carbons (Fsp3) is 0.0345. The highest BCUT2D eigenvalue weighted by Crippen LogP contribution is 2.39. The molecular weight excluding hydrogens is 501 g/mol. The molecule has 0 aliphatic carbocycles. The minimum absolute atomic E-state index is 0.0221. The van der Waals surface area contributed by atoms with Crippen molar-refractivity contribution in [2.75, 3.05) is 0 Å². The Hall–Kier alpha value is -5.05. The lowest BCUT2D eigenvalue weighted by Crippen LogP contribution is -2.07. The summed E-state index contributed by atoms with van der Waals surface area (Å²) in [6, 6.07) is 17.1. The molecule has 0 aromatic heterocycles. The quantitative estimate of drug-likeness (QED) is 0.159. The second kappa shape index (κ2) is 12.8. The molecule has 0 atom stereocenters. The number of rotatable bonds is 10. The monoisotopic (exact) mass is 522 g/mol. The Morgan fingerprint density at radius 3 is 1.58 bits per heavy atom. The van der Waals surface area contributed by atoms with Gasteiger partial charge < -0.3 is 18.9 Å². The molecule has 0 aliphatic rings. The maximum absolute atomic E-state index is 13.8. The third-order valence-electron chi connectivity index (χ3n) is 4.90. The molecule has 6 nitrogen and oxygen atoms in total. The van der Waals surface area contributed by atoms with E-state index in [1.54, 1.807) is 48.5 Å². The van der Waals surface area contributed by atoms with Crippen LogP contribution in [0.4, 0.5) is 13.2 Å². The topological polar surface area (TPSA) is 71.1 Å². The molecule has 3 aromatic rings. The van der Waals surface area contributed by atoms with Crippen LogP contribution in [0.25, 0.3) is 22.3 Å². The summed E-state index contributed by atoms with van der Waals surface area (Å²) in [6.45, 7) is 6.50. The van der Waals surface area contributed by atoms with E-state index in [1.807, 2.05) is 0 Å². The van der Waals surface area contributed by atoms with Crippen molar-refractivity contribution in [2.24, 2.45) is 0 Å². The predicted molar refractivity (Wildman–Crippen MR) is 134 cm³/mol. The van der Waals surface area contributed by atoms with Crippen LogP contribution in [0.2, 0.25) is 0 Å². The summed E-state index contributed by atoms with van der Waals surface area (Å²) in [5, 5.41) is 0. The molecule has 0 fully saturated rings. The standard InChI is InChI=1S/C29H21F3O6/c1-3-27(33)37-17-15-35-23-11-9-21(10-12-23)20-5-7-22(8-6-20)25-14-13-24(19-26(25)29(30,31)32)36-16-18-38-28(34)4-2/h3-19H,1-2H2/b17-15-,18-16-. The molecule has 194 valence electrons. The van der Waals surface area contributed by atoms with Crippen LogP contribution in [0.3, 0.4) is 0 Å². The maximum atomic E-state index is 13.8. The molecule has 0 heterocycles. The van der Waals surface area contributed by atoms with Crippen molar-refractivity contribution in [1.82, 2.24) is 0 Å². The molecule has 0 N–H and O–H groups in total. The van der Waals surface area contributed by atoms with Crippen LogP contribution in [0.15, 0.2) is 117 Å². The lowest BCUT2D eigenvalue weighted by atomic mass is 9.96. The molecule has 0 unspecified atom stereocenters. The minimum atomic E-state index is -4.64. The van der Waals surface area contributed by atoms with E-state index in [9.17, 15) is 22.8 Å². The van der Waals surface area contributed by atoms with Gasteiger partial charge in [0.05, 0.1) is 5.56 Å². The summed E-state index contributed by atoms with van der Waals surface area (Å²) in [5.41, 5.74) is 1.05. The number of hydrogen-bond acceptors (Lipinski definition) is 6. The highest BCUT2D eigenvalue weighted by Gasteiger charge is 2.34. The molecule has 38 heavy (non-hydrogen) atoms. The number of ether oxygens (including phenoxy) is 4. The van der Waals surface area contributed by atoms with Gasteiger partial charge in [-0.1, -0.05) is 55.6 Å². The average molecular weight is 522 g/mol. The molecule has 0 bridgehead atoms. The van der Waals surface area contributed by atoms with Gasteiger partial charge in [0.15, 0.2) is 0 Å². The summed E-state index contributed by atoms with van der Waals surface area (Å²) in [5.74, 6) is -0.942. The number of esters is 2. The summed E-state index contributed by atoms with van der Waals surface area (Å²) < 4.78 is 61.1. The molecule has 3 aromatic carbocycles. The van der Waals surface area contributed by atoms with Crippen LogP contribution in [-0.4, -0.2) is 11.9 Å². The van der Waals surface area contributed by atoms with Gasteiger partial charge >= 0.3 is 18.1 Å². The molecule has 0 amide bonds. The molecule has 9 heteroatoms. The van der Waals surface area contributed by atoms with Crippen molar-refractivity contribution in [2.45, 2.75) is 6.18 Å². The van der Waals surface area contributed by atoms with E-state index in [2.05, 4.69) is 22.6 Å². The Balaban J connectivity index is 1.74. The SMILES string of the molecule is C=CC(=O)O/C=C\Oc1ccc(-c2ccc(-c3ccc(O/C=C\OC(=O)C=C)cc3C(F)(F)F)cc2)cc1. The van der Waals surface area contributed by atoms with Crippen LogP contribution < -0.4 is 9.47 Å². The van der Waals surface area contributed by atoms with Gasteiger partial charge in [-0.15, -0.1) is 0 Å². The first-order valence-corrected chi connectivity index (χ1v) is 10.9. The van der Waals surface area contributed by atoms with Crippen molar-refractivity contribution in [1.29, 1.82) is 0 Å². The first kappa shape index (κ1) is 27.5. The summed E-state index contributed by atoms with van der Waals surface area (Å²) in [7, 11) is 0. The van der Waals surface area contributed by atoms with Gasteiger partial charge in [0.2, 0.25) is 0 Å². The third kappa shape index (κ3) is 7.72. The largest absolute Gasteiger partial charge is 0.462 e. The Labute approximate surface area is 216 Å². The van der Waals surface area contributed by atoms with Crippen molar-refractivity contribution in [3.05, 3.63) is 123 Å². The average Bonchev–Trinajstić information content (AvgIpc) is 2.93. The number of carbonyl (C=O) groups excluding carboxylic acids is 2. The number of hydrogen-bond donors (Lipinski definition) is 0. The second-order valence-electron chi connectivity index (χ2n) is 7.37. The van der Waals surface area contributed by atoms with Gasteiger partial charge in [0, 0.05) is 12.2 Å². The first-order chi connectivity index (χ1) is 18.2. The van der Waals surface area contributed by atoms with E-state index in [-0.39, 0.29) is 11.3 Å². The Morgan fingerprint density at radius 2 is 1.08 bits per heavy atom. The number of alkyl halides is 3. The van der Waals surface area contributed by atoms with Crippen molar-refractivity contribution in [3.8, 4) is 33.8 Å². The first-order valence-electron chi connectivity index (χ1n) is 10.9. The highest BCUT2D eigenvalue weighted by atomic mass is 19.4. The lowest BCUT2D eigenvalue weighted by Gasteiger charge is -2.15. The van der Waals surface area contributed by atoms with Crippen LogP contribution in [0.1, 0.15) is 5.56 Å². The highest BCUT2D eigenvalue weighted by molar-refractivity contribution is 5.82. The smallest absolute Gasteiger partial charge is 0.417 e. The molecule has 0 radical (unpaired) electrons. The van der Waals surface area contributed by atoms with Gasteiger partial charge in [-0.05, 0) is 46.5 Å². The fourth-order valence-corrected chi connectivity index (χ4v) is 3.15. The van der Waals surface area contributed by atoms with Crippen molar-refractivity contribution < 1.29 is 41.7 Å². The minimum Gasteiger partial charge on any atom is -0.462 e. The van der Waals surface area contributed by atoms with E-state index in [4.69, 9.17) is 9.47 Å². The third-order valence-corrected chi connectivity index (χ3v) is 4.90. The van der Waals surface area contributed by atoms with Crippen LogP contribution in [-0.2, 0) is 25.2 Å². The second-order valence-corrected chi connectivity index (χ2v) is 7.37. The molecular formula is C29H21F3O6. The molecule has 0 spiro atoms. The fourth-order valence-electron chi connectivity index (χ4n) is 3.15. The van der Waals surface area contributed by atoms with Gasteiger partial charge in [0.25, 0.3) is 0 Å². The van der Waals surface area contributed by atoms with Gasteiger partial charge in [0.1, 0.15) is 36.5 Å². The maximum Gasteiger partial charge on any atom is 0.417 e. The van der Waals surface area contributed by atoms with E-state index in [1.165, 1.54) is 18.4 Å². The number of carbonyl (C=O) groups is 2. The Kier molecular flexibility index (Phi) is 9.26. The van der Waals surface area contributed by atoms with Gasteiger partial charge in [-0.3, -0.25) is 0 Å². The normalized spacial score (nSPS) is 11.2. The van der Waals surface area contributed by atoms with E-state index < -0.39 is 23.7 Å². The summed E-state index contributed by atoms with van der Waals surface area (Å²) >= 11 is 0. The summed E-state index contributed by atoms with van der Waals surface area (Å²) in [4.78, 5) is 22.0. The zero-order valence-corrected chi connectivity index (χ0v) is 19.8. The van der Waals surface area contributed by atoms with Crippen LogP contribution >= 0.6 is 0 Å². The van der Waals surface area contributed by atoms with Crippen molar-refractivity contribution in [3.63, 3.8) is 0 Å². The van der Waals surface area contributed by atoms with Crippen LogP contribution in [0, 0.1) is 0 Å². The Bertz CT molecular complexity index is 1350.